The summed E-state index contributed by atoms with van der Waals surface area (Å²) < 4.78 is 38.0. The zero-order chi connectivity index (χ0) is 15.6. The number of benzene rings is 1. The Morgan fingerprint density at radius 2 is 2.14 bits per heavy atom. The summed E-state index contributed by atoms with van der Waals surface area (Å²) >= 11 is 5.94. The Balaban J connectivity index is 2.01. The number of rotatable bonds is 3. The van der Waals surface area contributed by atoms with Crippen LogP contribution in [0.25, 0.3) is 0 Å². The predicted octanol–water partition coefficient (Wildman–Crippen LogP) is 3.07. The van der Waals surface area contributed by atoms with Crippen molar-refractivity contribution in [1.29, 1.82) is 0 Å². The minimum absolute atomic E-state index is 0.0679. The Labute approximate surface area is 126 Å². The number of hydrogen-bond donors (Lipinski definition) is 1. The normalized spacial score (nSPS) is 20.0. The van der Waals surface area contributed by atoms with E-state index in [0.29, 0.717) is 30.0 Å². The lowest BCUT2D eigenvalue weighted by Crippen LogP contribution is -2.46. The van der Waals surface area contributed by atoms with Gasteiger partial charge in [-0.3, -0.25) is 4.79 Å². The van der Waals surface area contributed by atoms with Crippen LogP contribution in [-0.4, -0.2) is 30.4 Å². The molecule has 0 aromatic heterocycles. The van der Waals surface area contributed by atoms with E-state index in [1.807, 2.05) is 0 Å². The SMILES string of the molecule is CN1C[C@H](NCc2cc(C(F)(F)F)ccc2Cl)CCC1=O. The molecule has 1 atom stereocenters. The quantitative estimate of drug-likeness (QED) is 0.928. The summed E-state index contributed by atoms with van der Waals surface area (Å²) in [6.07, 6.45) is -3.25. The molecule has 1 aromatic carbocycles. The molecule has 1 amide bonds. The first-order valence-corrected chi connectivity index (χ1v) is 6.98. The Morgan fingerprint density at radius 1 is 1.43 bits per heavy atom. The molecule has 1 fully saturated rings. The van der Waals surface area contributed by atoms with Crippen molar-refractivity contribution in [3.63, 3.8) is 0 Å². The van der Waals surface area contributed by atoms with Gasteiger partial charge in [-0.1, -0.05) is 11.6 Å². The molecule has 0 radical (unpaired) electrons. The molecule has 1 aliphatic heterocycles. The standard InChI is InChI=1S/C14H16ClF3N2O/c1-20-8-11(3-5-13(20)21)19-7-9-6-10(14(16,17)18)2-4-12(9)15/h2,4,6,11,19H,3,5,7-8H2,1H3/t11-/m1/s1. The number of carbonyl (C=O) groups is 1. The van der Waals surface area contributed by atoms with Gasteiger partial charge >= 0.3 is 6.18 Å². The minimum atomic E-state index is -4.38. The summed E-state index contributed by atoms with van der Waals surface area (Å²) in [5.41, 5.74) is -0.300. The molecule has 116 valence electrons. The van der Waals surface area contributed by atoms with Crippen molar-refractivity contribution >= 4 is 17.5 Å². The van der Waals surface area contributed by atoms with Gasteiger partial charge in [-0.15, -0.1) is 0 Å². The van der Waals surface area contributed by atoms with E-state index in [2.05, 4.69) is 5.32 Å². The van der Waals surface area contributed by atoms with Crippen LogP contribution in [0.15, 0.2) is 18.2 Å². The van der Waals surface area contributed by atoms with E-state index in [1.165, 1.54) is 6.07 Å². The van der Waals surface area contributed by atoms with Crippen molar-refractivity contribution < 1.29 is 18.0 Å². The number of likely N-dealkylation sites (N-methyl/N-ethyl adjacent to an activating group) is 1. The highest BCUT2D eigenvalue weighted by atomic mass is 35.5. The smallest absolute Gasteiger partial charge is 0.344 e. The maximum atomic E-state index is 12.7. The van der Waals surface area contributed by atoms with Crippen LogP contribution in [-0.2, 0) is 17.5 Å². The summed E-state index contributed by atoms with van der Waals surface area (Å²) in [6.45, 7) is 0.796. The molecule has 1 aromatic rings. The van der Waals surface area contributed by atoms with Crippen molar-refractivity contribution in [3.05, 3.63) is 34.3 Å². The minimum Gasteiger partial charge on any atom is -0.344 e. The van der Waals surface area contributed by atoms with Crippen LogP contribution in [0.4, 0.5) is 13.2 Å². The number of amides is 1. The number of nitrogens with zero attached hydrogens (tertiary/aromatic N) is 1. The van der Waals surface area contributed by atoms with E-state index >= 15 is 0 Å². The highest BCUT2D eigenvalue weighted by molar-refractivity contribution is 6.31. The van der Waals surface area contributed by atoms with Crippen LogP contribution in [0.5, 0.6) is 0 Å². The summed E-state index contributed by atoms with van der Waals surface area (Å²) in [4.78, 5) is 13.0. The topological polar surface area (TPSA) is 32.3 Å². The largest absolute Gasteiger partial charge is 0.416 e. The lowest BCUT2D eigenvalue weighted by atomic mass is 10.0. The molecule has 0 saturated carbocycles. The van der Waals surface area contributed by atoms with Gasteiger partial charge in [0.1, 0.15) is 0 Å². The van der Waals surface area contributed by atoms with Gasteiger partial charge in [-0.25, -0.2) is 0 Å². The van der Waals surface area contributed by atoms with E-state index in [9.17, 15) is 18.0 Å². The van der Waals surface area contributed by atoms with Gasteiger partial charge in [0, 0.05) is 37.6 Å². The fraction of sp³-hybridized carbons (Fsp3) is 0.500. The van der Waals surface area contributed by atoms with E-state index in [1.54, 1.807) is 11.9 Å². The lowest BCUT2D eigenvalue weighted by Gasteiger charge is -2.30. The third kappa shape index (κ3) is 4.11. The summed E-state index contributed by atoms with van der Waals surface area (Å²) in [6, 6.07) is 3.36. The second kappa shape index (κ2) is 6.23. The summed E-state index contributed by atoms with van der Waals surface area (Å²) in [5, 5.41) is 3.46. The number of likely N-dealkylation sites (tertiary alicyclic amines) is 1. The molecular weight excluding hydrogens is 305 g/mol. The van der Waals surface area contributed by atoms with Crippen LogP contribution in [0.3, 0.4) is 0 Å². The first-order valence-electron chi connectivity index (χ1n) is 6.60. The monoisotopic (exact) mass is 320 g/mol. The van der Waals surface area contributed by atoms with Crippen molar-refractivity contribution in [2.24, 2.45) is 0 Å². The maximum absolute atomic E-state index is 12.7. The molecule has 0 bridgehead atoms. The van der Waals surface area contributed by atoms with Gasteiger partial charge in [0.05, 0.1) is 5.56 Å². The highest BCUT2D eigenvalue weighted by Crippen LogP contribution is 2.31. The molecule has 1 N–H and O–H groups in total. The molecule has 3 nitrogen and oxygen atoms in total. The van der Waals surface area contributed by atoms with Crippen molar-refractivity contribution in [2.45, 2.75) is 31.6 Å². The van der Waals surface area contributed by atoms with Gasteiger partial charge in [0.2, 0.25) is 5.91 Å². The zero-order valence-electron chi connectivity index (χ0n) is 11.5. The predicted molar refractivity (Wildman–Crippen MR) is 74.0 cm³/mol. The molecule has 1 saturated heterocycles. The first-order chi connectivity index (χ1) is 9.77. The molecule has 0 aliphatic carbocycles. The molecule has 7 heteroatoms. The first kappa shape index (κ1) is 16.1. The molecule has 1 aliphatic rings. The third-order valence-electron chi connectivity index (χ3n) is 3.58. The zero-order valence-corrected chi connectivity index (χ0v) is 12.3. The average Bonchev–Trinajstić information content (AvgIpc) is 2.40. The Kier molecular flexibility index (Phi) is 4.78. The maximum Gasteiger partial charge on any atom is 0.416 e. The Hall–Kier alpha value is -1.27. The van der Waals surface area contributed by atoms with Gasteiger partial charge in [0.15, 0.2) is 0 Å². The second-order valence-corrected chi connectivity index (χ2v) is 5.60. The molecule has 0 spiro atoms. The van der Waals surface area contributed by atoms with E-state index < -0.39 is 11.7 Å². The van der Waals surface area contributed by atoms with Crippen LogP contribution in [0, 0.1) is 0 Å². The van der Waals surface area contributed by atoms with Crippen LogP contribution < -0.4 is 5.32 Å². The number of nitrogens with one attached hydrogen (secondary N) is 1. The fourth-order valence-electron chi connectivity index (χ4n) is 2.32. The van der Waals surface area contributed by atoms with E-state index in [0.717, 1.165) is 12.1 Å². The van der Waals surface area contributed by atoms with Crippen molar-refractivity contribution in [3.8, 4) is 0 Å². The summed E-state index contributed by atoms with van der Waals surface area (Å²) in [7, 11) is 1.72. The van der Waals surface area contributed by atoms with E-state index in [-0.39, 0.29) is 18.5 Å². The highest BCUT2D eigenvalue weighted by Gasteiger charge is 2.31. The van der Waals surface area contributed by atoms with E-state index in [4.69, 9.17) is 11.6 Å². The number of carbonyl (C=O) groups excluding carboxylic acids is 1. The number of hydrogen-bond acceptors (Lipinski definition) is 2. The summed E-state index contributed by atoms with van der Waals surface area (Å²) in [5.74, 6) is 0.0881. The molecular formula is C14H16ClF3N2O. The van der Waals surface area contributed by atoms with Gasteiger partial charge in [0.25, 0.3) is 0 Å². The van der Waals surface area contributed by atoms with Crippen LogP contribution in [0.1, 0.15) is 24.0 Å². The number of alkyl halides is 3. The fourth-order valence-corrected chi connectivity index (χ4v) is 2.50. The number of piperidine rings is 1. The van der Waals surface area contributed by atoms with Gasteiger partial charge in [-0.2, -0.15) is 13.2 Å². The van der Waals surface area contributed by atoms with Crippen molar-refractivity contribution in [1.82, 2.24) is 10.2 Å². The molecule has 1 heterocycles. The van der Waals surface area contributed by atoms with Crippen LogP contribution >= 0.6 is 11.6 Å². The Morgan fingerprint density at radius 3 is 2.76 bits per heavy atom. The third-order valence-corrected chi connectivity index (χ3v) is 3.95. The lowest BCUT2D eigenvalue weighted by molar-refractivity contribution is -0.137. The van der Waals surface area contributed by atoms with Gasteiger partial charge < -0.3 is 10.2 Å². The molecule has 0 unspecified atom stereocenters. The average molecular weight is 321 g/mol. The van der Waals surface area contributed by atoms with Crippen molar-refractivity contribution in [2.75, 3.05) is 13.6 Å². The second-order valence-electron chi connectivity index (χ2n) is 5.19. The number of halogens is 4. The Bertz CT molecular complexity index is 533. The molecule has 21 heavy (non-hydrogen) atoms. The molecule has 2 rings (SSSR count). The van der Waals surface area contributed by atoms with Crippen LogP contribution in [0.2, 0.25) is 5.02 Å². The van der Waals surface area contributed by atoms with Gasteiger partial charge in [-0.05, 0) is 30.2 Å².